The van der Waals surface area contributed by atoms with Gasteiger partial charge in [-0.25, -0.2) is 18.5 Å². The van der Waals surface area contributed by atoms with Crippen molar-refractivity contribution in [2.45, 2.75) is 26.8 Å². The van der Waals surface area contributed by atoms with Crippen LogP contribution in [0, 0.1) is 6.92 Å². The first kappa shape index (κ1) is 22.6. The molecule has 0 atom stereocenters. The van der Waals surface area contributed by atoms with Crippen molar-refractivity contribution in [1.29, 1.82) is 0 Å². The van der Waals surface area contributed by atoms with Crippen LogP contribution in [0.4, 0.5) is 0 Å². The number of hydrogen-bond acceptors (Lipinski definition) is 4. The van der Waals surface area contributed by atoms with Gasteiger partial charge in [-0.1, -0.05) is 12.1 Å². The number of primary sulfonamides is 1. The molecule has 0 aliphatic carbocycles. The van der Waals surface area contributed by atoms with Crippen LogP contribution in [0.3, 0.4) is 0 Å². The maximum absolute atomic E-state index is 11.0. The molecule has 0 bridgehead atoms. The molecule has 0 unspecified atom stereocenters. The van der Waals surface area contributed by atoms with E-state index in [4.69, 9.17) is 5.14 Å². The largest absolute Gasteiger partial charge is 0.357 e. The van der Waals surface area contributed by atoms with Gasteiger partial charge in [0.2, 0.25) is 10.0 Å². The summed E-state index contributed by atoms with van der Waals surface area (Å²) in [4.78, 5) is 9.02. The molecular formula is C16H27IN6O2S. The second-order valence-corrected chi connectivity index (χ2v) is 7.44. The predicted molar refractivity (Wildman–Crippen MR) is 116 cm³/mol. The van der Waals surface area contributed by atoms with Crippen LogP contribution < -0.4 is 15.8 Å². The summed E-state index contributed by atoms with van der Waals surface area (Å²) < 4.78 is 24.1. The minimum absolute atomic E-state index is 0. The third-order valence-electron chi connectivity index (χ3n) is 3.68. The number of aryl methyl sites for hydroxylation is 2. The van der Waals surface area contributed by atoms with Crippen molar-refractivity contribution in [3.05, 3.63) is 30.1 Å². The van der Waals surface area contributed by atoms with E-state index in [1.807, 2.05) is 32.0 Å². The highest BCUT2D eigenvalue weighted by molar-refractivity contribution is 14.0. The number of guanidine groups is 1. The van der Waals surface area contributed by atoms with E-state index >= 15 is 0 Å². The van der Waals surface area contributed by atoms with Gasteiger partial charge in [-0.2, -0.15) is 0 Å². The van der Waals surface area contributed by atoms with Crippen molar-refractivity contribution in [1.82, 2.24) is 20.2 Å². The minimum atomic E-state index is -3.47. The Morgan fingerprint density at radius 1 is 1.31 bits per heavy atom. The predicted octanol–water partition coefficient (Wildman–Crippen LogP) is 1.20. The Morgan fingerprint density at radius 2 is 2.04 bits per heavy atom. The molecule has 0 saturated heterocycles. The first-order valence-corrected chi connectivity index (χ1v) is 10.1. The van der Waals surface area contributed by atoms with Gasteiger partial charge in [0.1, 0.15) is 5.82 Å². The zero-order chi connectivity index (χ0) is 18.3. The van der Waals surface area contributed by atoms with Crippen molar-refractivity contribution in [2.24, 2.45) is 10.1 Å². The van der Waals surface area contributed by atoms with Crippen LogP contribution in [0.5, 0.6) is 0 Å². The lowest BCUT2D eigenvalue weighted by atomic mass is 10.3. The maximum Gasteiger partial charge on any atom is 0.210 e. The van der Waals surface area contributed by atoms with Crippen LogP contribution >= 0.6 is 24.0 Å². The molecule has 2 rings (SSSR count). The molecule has 10 heteroatoms. The molecule has 8 nitrogen and oxygen atoms in total. The van der Waals surface area contributed by atoms with Crippen LogP contribution in [-0.4, -0.2) is 49.3 Å². The molecule has 0 amide bonds. The Balaban J connectivity index is 0.00000338. The summed E-state index contributed by atoms with van der Waals surface area (Å²) >= 11 is 0. The van der Waals surface area contributed by atoms with Crippen molar-refractivity contribution in [2.75, 3.05) is 25.4 Å². The van der Waals surface area contributed by atoms with Crippen molar-refractivity contribution in [3.8, 4) is 0 Å². The van der Waals surface area contributed by atoms with Crippen molar-refractivity contribution >= 4 is 51.0 Å². The highest BCUT2D eigenvalue weighted by Gasteiger charge is 2.06. The van der Waals surface area contributed by atoms with E-state index in [0.717, 1.165) is 29.8 Å². The van der Waals surface area contributed by atoms with Gasteiger partial charge < -0.3 is 15.2 Å². The first-order valence-electron chi connectivity index (χ1n) is 8.35. The summed E-state index contributed by atoms with van der Waals surface area (Å²) in [6, 6.07) is 8.07. The fourth-order valence-electron chi connectivity index (χ4n) is 2.55. The number of nitrogens with zero attached hydrogens (tertiary/aromatic N) is 3. The van der Waals surface area contributed by atoms with E-state index in [0.29, 0.717) is 19.0 Å². The highest BCUT2D eigenvalue weighted by Crippen LogP contribution is 2.15. The number of imidazole rings is 1. The van der Waals surface area contributed by atoms with Gasteiger partial charge in [0.15, 0.2) is 5.96 Å². The number of halogens is 1. The lowest BCUT2D eigenvalue weighted by Crippen LogP contribution is -2.40. The first-order chi connectivity index (χ1) is 11.9. The molecule has 2 aromatic rings. The summed E-state index contributed by atoms with van der Waals surface area (Å²) in [6.07, 6.45) is 0.854. The molecule has 1 aromatic heterocycles. The number of nitrogens with two attached hydrogens (primary N) is 1. The lowest BCUT2D eigenvalue weighted by Gasteiger charge is -2.11. The number of rotatable bonds is 8. The molecule has 0 radical (unpaired) electrons. The topological polar surface area (TPSA) is 114 Å². The molecule has 0 fully saturated rings. The number of benzene rings is 1. The number of nitrogens with one attached hydrogen (secondary N) is 2. The number of fused-ring (bicyclic) bond motifs is 1. The van der Waals surface area contributed by atoms with Crippen molar-refractivity contribution < 1.29 is 8.42 Å². The zero-order valence-corrected chi connectivity index (χ0v) is 18.3. The molecule has 26 heavy (non-hydrogen) atoms. The number of sulfonamides is 1. The molecule has 0 spiro atoms. The highest BCUT2D eigenvalue weighted by atomic mass is 127. The average molecular weight is 494 g/mol. The van der Waals surface area contributed by atoms with Crippen LogP contribution in [0.2, 0.25) is 0 Å². The lowest BCUT2D eigenvalue weighted by molar-refractivity contribution is 0.596. The number of aliphatic imine (C=N–C) groups is 1. The van der Waals surface area contributed by atoms with Gasteiger partial charge in [0.25, 0.3) is 0 Å². The van der Waals surface area contributed by atoms with Gasteiger partial charge in [-0.3, -0.25) is 4.99 Å². The summed E-state index contributed by atoms with van der Waals surface area (Å²) in [6.45, 7) is 6.34. The average Bonchev–Trinajstić information content (AvgIpc) is 2.86. The van der Waals surface area contributed by atoms with Crippen LogP contribution in [0.25, 0.3) is 11.0 Å². The molecule has 1 heterocycles. The standard InChI is InChI=1S/C16H26N6O2S.HI/c1-3-18-16(20-10-12-25(17,23)24)19-9-6-11-22-13(2)21-14-7-4-5-8-15(14)22;/h4-5,7-8H,3,6,9-12H2,1-2H3,(H2,17,23,24)(H2,18,19,20);1H. The van der Waals surface area contributed by atoms with Crippen LogP contribution in [0.1, 0.15) is 19.2 Å². The summed E-state index contributed by atoms with van der Waals surface area (Å²) in [7, 11) is -3.47. The Bertz CT molecular complexity index is 834. The molecule has 0 aliphatic rings. The number of aromatic nitrogens is 2. The quantitative estimate of drug-likeness (QED) is 0.221. The molecule has 146 valence electrons. The molecule has 4 N–H and O–H groups in total. The van der Waals surface area contributed by atoms with E-state index in [-0.39, 0.29) is 36.3 Å². The molecule has 0 saturated carbocycles. The Morgan fingerprint density at radius 3 is 2.73 bits per heavy atom. The van der Waals surface area contributed by atoms with Crippen LogP contribution in [0.15, 0.2) is 29.3 Å². The summed E-state index contributed by atoms with van der Waals surface area (Å²) in [5.74, 6) is 1.46. The normalized spacial score (nSPS) is 12.0. The van der Waals surface area contributed by atoms with E-state index < -0.39 is 10.0 Å². The van der Waals surface area contributed by atoms with Gasteiger partial charge in [0, 0.05) is 26.2 Å². The van der Waals surface area contributed by atoms with E-state index in [9.17, 15) is 8.42 Å². The maximum atomic E-state index is 11.0. The number of para-hydroxylation sites is 2. The smallest absolute Gasteiger partial charge is 0.210 e. The van der Waals surface area contributed by atoms with E-state index in [1.54, 1.807) is 0 Å². The van der Waals surface area contributed by atoms with Gasteiger partial charge >= 0.3 is 0 Å². The monoisotopic (exact) mass is 494 g/mol. The van der Waals surface area contributed by atoms with E-state index in [1.165, 1.54) is 0 Å². The fraction of sp³-hybridized carbons (Fsp3) is 0.500. The van der Waals surface area contributed by atoms with E-state index in [2.05, 4.69) is 31.2 Å². The molecule has 1 aromatic carbocycles. The fourth-order valence-corrected chi connectivity index (χ4v) is 2.94. The Kier molecular flexibility index (Phi) is 9.30. The third kappa shape index (κ3) is 7.08. The Labute approximate surface area is 171 Å². The summed E-state index contributed by atoms with van der Waals surface area (Å²) in [5, 5.41) is 11.1. The SMILES string of the molecule is CCNC(=NCCCn1c(C)nc2ccccc21)NCCS(N)(=O)=O.I. The molecule has 0 aliphatic heterocycles. The van der Waals surface area contributed by atoms with Gasteiger partial charge in [-0.05, 0) is 32.4 Å². The zero-order valence-electron chi connectivity index (χ0n) is 15.1. The summed E-state index contributed by atoms with van der Waals surface area (Å²) in [5.41, 5.74) is 2.13. The second kappa shape index (κ2) is 10.7. The second-order valence-electron chi connectivity index (χ2n) is 5.71. The third-order valence-corrected chi connectivity index (χ3v) is 4.45. The molecular weight excluding hydrogens is 467 g/mol. The minimum Gasteiger partial charge on any atom is -0.357 e. The van der Waals surface area contributed by atoms with Gasteiger partial charge in [-0.15, -0.1) is 24.0 Å². The Hall–Kier alpha value is -1.40. The van der Waals surface area contributed by atoms with Crippen molar-refractivity contribution in [3.63, 3.8) is 0 Å². The van der Waals surface area contributed by atoms with Gasteiger partial charge in [0.05, 0.1) is 16.8 Å². The van der Waals surface area contributed by atoms with Crippen LogP contribution in [-0.2, 0) is 16.6 Å². The number of hydrogen-bond donors (Lipinski definition) is 3.